The molecule has 0 aliphatic carbocycles. The van der Waals surface area contributed by atoms with E-state index in [-0.39, 0.29) is 12.1 Å². The molecular formula is C17H34O2. The molecule has 0 fully saturated rings. The van der Waals surface area contributed by atoms with E-state index >= 15 is 0 Å². The van der Waals surface area contributed by atoms with Gasteiger partial charge in [-0.15, -0.1) is 0 Å². The maximum Gasteiger partial charge on any atom is 0.306 e. The molecule has 1 unspecified atom stereocenters. The lowest BCUT2D eigenvalue weighted by atomic mass is 10.0. The van der Waals surface area contributed by atoms with Crippen LogP contribution in [0.25, 0.3) is 0 Å². The predicted molar refractivity (Wildman–Crippen MR) is 82.2 cm³/mol. The van der Waals surface area contributed by atoms with Crippen molar-refractivity contribution in [3.8, 4) is 0 Å². The molecule has 0 aromatic rings. The Kier molecular flexibility index (Phi) is 12.2. The van der Waals surface area contributed by atoms with Crippen LogP contribution in [0.4, 0.5) is 0 Å². The van der Waals surface area contributed by atoms with Crippen LogP contribution in [0.1, 0.15) is 91.9 Å². The van der Waals surface area contributed by atoms with Crippen LogP contribution >= 0.6 is 0 Å². The fourth-order valence-electron chi connectivity index (χ4n) is 2.21. The Hall–Kier alpha value is -0.530. The number of esters is 1. The Morgan fingerprint density at radius 2 is 1.63 bits per heavy atom. The SMILES string of the molecule is CCCCCC(CC)OC(=O)CCCCCC(C)C. The molecule has 2 nitrogen and oxygen atoms in total. The summed E-state index contributed by atoms with van der Waals surface area (Å²) in [7, 11) is 0. The summed E-state index contributed by atoms with van der Waals surface area (Å²) in [4.78, 5) is 11.7. The molecule has 0 aliphatic rings. The van der Waals surface area contributed by atoms with Crippen LogP contribution in [0.3, 0.4) is 0 Å². The van der Waals surface area contributed by atoms with E-state index < -0.39 is 0 Å². The summed E-state index contributed by atoms with van der Waals surface area (Å²) >= 11 is 0. The maximum absolute atomic E-state index is 11.7. The first-order valence-corrected chi connectivity index (χ1v) is 8.29. The summed E-state index contributed by atoms with van der Waals surface area (Å²) < 4.78 is 5.53. The lowest BCUT2D eigenvalue weighted by Gasteiger charge is -2.16. The van der Waals surface area contributed by atoms with E-state index in [0.717, 1.165) is 31.6 Å². The van der Waals surface area contributed by atoms with Crippen LogP contribution in [0.2, 0.25) is 0 Å². The zero-order valence-electron chi connectivity index (χ0n) is 13.5. The van der Waals surface area contributed by atoms with Gasteiger partial charge in [-0.25, -0.2) is 0 Å². The van der Waals surface area contributed by atoms with Crippen molar-refractivity contribution in [1.29, 1.82) is 0 Å². The van der Waals surface area contributed by atoms with Crippen molar-refractivity contribution in [2.75, 3.05) is 0 Å². The molecule has 19 heavy (non-hydrogen) atoms. The van der Waals surface area contributed by atoms with Crippen LogP contribution in [0.5, 0.6) is 0 Å². The van der Waals surface area contributed by atoms with E-state index in [1.165, 1.54) is 32.1 Å². The highest BCUT2D eigenvalue weighted by Gasteiger charge is 2.11. The van der Waals surface area contributed by atoms with Gasteiger partial charge in [0.05, 0.1) is 0 Å². The molecule has 0 rings (SSSR count). The molecule has 0 saturated carbocycles. The van der Waals surface area contributed by atoms with Gasteiger partial charge in [-0.3, -0.25) is 4.79 Å². The Bertz CT molecular complexity index is 211. The average Bonchev–Trinajstić information content (AvgIpc) is 2.37. The molecule has 0 heterocycles. The van der Waals surface area contributed by atoms with Crippen molar-refractivity contribution >= 4 is 5.97 Å². The third kappa shape index (κ3) is 12.3. The molecule has 0 bridgehead atoms. The summed E-state index contributed by atoms with van der Waals surface area (Å²) in [6, 6.07) is 0. The minimum atomic E-state index is 0.00731. The second-order valence-electron chi connectivity index (χ2n) is 6.01. The standard InChI is InChI=1S/C17H34O2/c1-5-7-9-13-16(6-2)19-17(18)14-11-8-10-12-15(3)4/h15-16H,5-14H2,1-4H3. The number of ether oxygens (including phenoxy) is 1. The molecule has 2 heteroatoms. The van der Waals surface area contributed by atoms with E-state index in [1.54, 1.807) is 0 Å². The second-order valence-corrected chi connectivity index (χ2v) is 6.01. The molecule has 0 amide bonds. The van der Waals surface area contributed by atoms with Gasteiger partial charge in [0.2, 0.25) is 0 Å². The van der Waals surface area contributed by atoms with Crippen molar-refractivity contribution in [1.82, 2.24) is 0 Å². The number of carbonyl (C=O) groups is 1. The quantitative estimate of drug-likeness (QED) is 0.346. The molecule has 0 saturated heterocycles. The molecule has 0 N–H and O–H groups in total. The first-order chi connectivity index (χ1) is 9.10. The number of rotatable bonds is 12. The van der Waals surface area contributed by atoms with Gasteiger partial charge in [-0.2, -0.15) is 0 Å². The van der Waals surface area contributed by atoms with E-state index in [1.807, 2.05) is 0 Å². The molecule has 0 aromatic carbocycles. The molecule has 0 aromatic heterocycles. The average molecular weight is 270 g/mol. The normalized spacial score (nSPS) is 12.7. The third-order valence-corrected chi connectivity index (χ3v) is 3.55. The molecule has 1 atom stereocenters. The number of hydrogen-bond acceptors (Lipinski definition) is 2. The second kappa shape index (κ2) is 12.5. The maximum atomic E-state index is 11.7. The summed E-state index contributed by atoms with van der Waals surface area (Å²) in [5, 5.41) is 0. The fraction of sp³-hybridized carbons (Fsp3) is 0.941. The van der Waals surface area contributed by atoms with Crippen molar-refractivity contribution in [3.05, 3.63) is 0 Å². The lowest BCUT2D eigenvalue weighted by Crippen LogP contribution is -2.17. The zero-order chi connectivity index (χ0) is 14.5. The monoisotopic (exact) mass is 270 g/mol. The van der Waals surface area contributed by atoms with Crippen LogP contribution < -0.4 is 0 Å². The Balaban J connectivity index is 3.58. The molecule has 114 valence electrons. The molecule has 0 aliphatic heterocycles. The van der Waals surface area contributed by atoms with Crippen molar-refractivity contribution < 1.29 is 9.53 Å². The van der Waals surface area contributed by atoms with Gasteiger partial charge in [0.25, 0.3) is 0 Å². The lowest BCUT2D eigenvalue weighted by molar-refractivity contribution is -0.149. The van der Waals surface area contributed by atoms with E-state index in [9.17, 15) is 4.79 Å². The number of carbonyl (C=O) groups excluding carboxylic acids is 1. The highest BCUT2D eigenvalue weighted by molar-refractivity contribution is 5.69. The van der Waals surface area contributed by atoms with Gasteiger partial charge < -0.3 is 4.74 Å². The third-order valence-electron chi connectivity index (χ3n) is 3.55. The van der Waals surface area contributed by atoms with Gasteiger partial charge >= 0.3 is 5.97 Å². The fourth-order valence-corrected chi connectivity index (χ4v) is 2.21. The zero-order valence-corrected chi connectivity index (χ0v) is 13.5. The van der Waals surface area contributed by atoms with Crippen LogP contribution in [0.15, 0.2) is 0 Å². The number of unbranched alkanes of at least 4 members (excludes halogenated alkanes) is 4. The summed E-state index contributed by atoms with van der Waals surface area (Å²) in [5.74, 6) is 0.780. The van der Waals surface area contributed by atoms with Crippen molar-refractivity contribution in [3.63, 3.8) is 0 Å². The number of hydrogen-bond donors (Lipinski definition) is 0. The van der Waals surface area contributed by atoms with Gasteiger partial charge in [0.15, 0.2) is 0 Å². The van der Waals surface area contributed by atoms with Gasteiger partial charge in [-0.05, 0) is 31.6 Å². The van der Waals surface area contributed by atoms with E-state index in [0.29, 0.717) is 6.42 Å². The molecule has 0 radical (unpaired) electrons. The minimum Gasteiger partial charge on any atom is -0.462 e. The largest absolute Gasteiger partial charge is 0.462 e. The highest BCUT2D eigenvalue weighted by Crippen LogP contribution is 2.13. The van der Waals surface area contributed by atoms with E-state index in [2.05, 4.69) is 27.7 Å². The Morgan fingerprint density at radius 3 is 2.21 bits per heavy atom. The summed E-state index contributed by atoms with van der Waals surface area (Å²) in [5.41, 5.74) is 0. The molecular weight excluding hydrogens is 236 g/mol. The highest BCUT2D eigenvalue weighted by atomic mass is 16.5. The van der Waals surface area contributed by atoms with Crippen LogP contribution in [-0.4, -0.2) is 12.1 Å². The Labute approximate surface area is 120 Å². The van der Waals surface area contributed by atoms with Gasteiger partial charge in [0, 0.05) is 6.42 Å². The first kappa shape index (κ1) is 18.5. The molecule has 0 spiro atoms. The minimum absolute atomic E-state index is 0.00731. The topological polar surface area (TPSA) is 26.3 Å². The van der Waals surface area contributed by atoms with Crippen LogP contribution in [0, 0.1) is 5.92 Å². The summed E-state index contributed by atoms with van der Waals surface area (Å²) in [6.45, 7) is 8.80. The van der Waals surface area contributed by atoms with Gasteiger partial charge in [-0.1, -0.05) is 59.8 Å². The van der Waals surface area contributed by atoms with E-state index in [4.69, 9.17) is 4.74 Å². The van der Waals surface area contributed by atoms with Gasteiger partial charge in [0.1, 0.15) is 6.10 Å². The Morgan fingerprint density at radius 1 is 0.947 bits per heavy atom. The first-order valence-electron chi connectivity index (χ1n) is 8.29. The smallest absolute Gasteiger partial charge is 0.306 e. The predicted octanol–water partition coefficient (Wildman–Crippen LogP) is 5.50. The summed E-state index contributed by atoms with van der Waals surface area (Å²) in [6.07, 6.45) is 11.0. The van der Waals surface area contributed by atoms with Crippen molar-refractivity contribution in [2.45, 2.75) is 98.0 Å². The van der Waals surface area contributed by atoms with Crippen molar-refractivity contribution in [2.24, 2.45) is 5.92 Å². The van der Waals surface area contributed by atoms with Crippen LogP contribution in [-0.2, 0) is 9.53 Å².